The van der Waals surface area contributed by atoms with E-state index in [1.807, 2.05) is 31.4 Å². The molecule has 1 aromatic heterocycles. The van der Waals surface area contributed by atoms with Gasteiger partial charge in [0.15, 0.2) is 5.78 Å². The van der Waals surface area contributed by atoms with Crippen molar-refractivity contribution in [3.63, 3.8) is 0 Å². The van der Waals surface area contributed by atoms with Crippen molar-refractivity contribution >= 4 is 17.6 Å². The Morgan fingerprint density at radius 2 is 1.79 bits per heavy atom. The van der Waals surface area contributed by atoms with Gasteiger partial charge in [0.1, 0.15) is 0 Å². The number of hydrogen-bond donors (Lipinski definition) is 0. The summed E-state index contributed by atoms with van der Waals surface area (Å²) in [6.07, 6.45) is 0.445. The van der Waals surface area contributed by atoms with Gasteiger partial charge in [0.05, 0.1) is 6.54 Å². The summed E-state index contributed by atoms with van der Waals surface area (Å²) in [6, 6.07) is 1.83. The van der Waals surface area contributed by atoms with Crippen molar-refractivity contribution in [1.82, 2.24) is 9.47 Å². The highest BCUT2D eigenvalue weighted by molar-refractivity contribution is 6.08. The van der Waals surface area contributed by atoms with Crippen LogP contribution < -0.4 is 0 Å². The number of amides is 2. The first-order valence-corrected chi connectivity index (χ1v) is 6.48. The number of ketones is 1. The molecule has 1 saturated heterocycles. The number of imide groups is 1. The highest BCUT2D eigenvalue weighted by Crippen LogP contribution is 2.18. The van der Waals surface area contributed by atoms with Gasteiger partial charge in [0, 0.05) is 36.3 Å². The number of Topliss-reactive ketones (excluding diaryl/α,β-unsaturated/α-hetero) is 1. The lowest BCUT2D eigenvalue weighted by Crippen LogP contribution is -2.34. The van der Waals surface area contributed by atoms with E-state index in [1.54, 1.807) is 0 Å². The molecule has 1 aromatic rings. The summed E-state index contributed by atoms with van der Waals surface area (Å²) in [5.74, 6) is -0.665. The molecule has 0 aliphatic carbocycles. The SMILES string of the molecule is CCn1c(C)cc(C(=O)CN2C(=O)CCC2=O)c1C. The minimum atomic E-state index is -0.248. The molecule has 0 atom stereocenters. The van der Waals surface area contributed by atoms with Gasteiger partial charge in [-0.25, -0.2) is 0 Å². The van der Waals surface area contributed by atoms with E-state index in [4.69, 9.17) is 0 Å². The smallest absolute Gasteiger partial charge is 0.230 e. The largest absolute Gasteiger partial charge is 0.349 e. The lowest BCUT2D eigenvalue weighted by atomic mass is 10.1. The molecular formula is C14H18N2O3. The molecule has 102 valence electrons. The van der Waals surface area contributed by atoms with E-state index < -0.39 is 0 Å². The van der Waals surface area contributed by atoms with Gasteiger partial charge in [-0.05, 0) is 26.8 Å². The van der Waals surface area contributed by atoms with E-state index in [-0.39, 0.29) is 37.0 Å². The molecular weight excluding hydrogens is 244 g/mol. The van der Waals surface area contributed by atoms with E-state index >= 15 is 0 Å². The van der Waals surface area contributed by atoms with Crippen LogP contribution >= 0.6 is 0 Å². The third-order valence-corrected chi connectivity index (χ3v) is 3.65. The van der Waals surface area contributed by atoms with Gasteiger partial charge in [-0.15, -0.1) is 0 Å². The molecule has 0 saturated carbocycles. The number of rotatable bonds is 4. The third kappa shape index (κ3) is 2.32. The summed E-state index contributed by atoms with van der Waals surface area (Å²) in [4.78, 5) is 36.3. The van der Waals surface area contributed by atoms with Crippen LogP contribution in [0.25, 0.3) is 0 Å². The minimum absolute atomic E-state index is 0.133. The van der Waals surface area contributed by atoms with Crippen LogP contribution in [-0.2, 0) is 16.1 Å². The Labute approximate surface area is 112 Å². The summed E-state index contributed by atoms with van der Waals surface area (Å²) in [5, 5.41) is 0. The van der Waals surface area contributed by atoms with Crippen molar-refractivity contribution in [1.29, 1.82) is 0 Å². The molecule has 5 heteroatoms. The second-order valence-corrected chi connectivity index (χ2v) is 4.83. The lowest BCUT2D eigenvalue weighted by molar-refractivity contribution is -0.137. The van der Waals surface area contributed by atoms with Crippen LogP contribution in [0.15, 0.2) is 6.07 Å². The highest BCUT2D eigenvalue weighted by atomic mass is 16.2. The summed E-state index contributed by atoms with van der Waals surface area (Å²) in [7, 11) is 0. The van der Waals surface area contributed by atoms with E-state index in [9.17, 15) is 14.4 Å². The Kier molecular flexibility index (Phi) is 3.55. The van der Waals surface area contributed by atoms with E-state index in [2.05, 4.69) is 0 Å². The first kappa shape index (κ1) is 13.5. The third-order valence-electron chi connectivity index (χ3n) is 3.65. The Morgan fingerprint density at radius 1 is 1.21 bits per heavy atom. The quantitative estimate of drug-likeness (QED) is 0.609. The molecule has 0 aromatic carbocycles. The highest BCUT2D eigenvalue weighted by Gasteiger charge is 2.31. The molecule has 2 amide bonds. The Bertz CT molecular complexity index is 541. The first-order chi connectivity index (χ1) is 8.95. The number of nitrogens with zero attached hydrogens (tertiary/aromatic N) is 2. The van der Waals surface area contributed by atoms with Crippen molar-refractivity contribution in [2.45, 2.75) is 40.2 Å². The molecule has 0 radical (unpaired) electrons. The van der Waals surface area contributed by atoms with Gasteiger partial charge in [0.2, 0.25) is 11.8 Å². The van der Waals surface area contributed by atoms with E-state index in [0.29, 0.717) is 5.56 Å². The van der Waals surface area contributed by atoms with Crippen LogP contribution in [-0.4, -0.2) is 33.6 Å². The Balaban J connectivity index is 2.21. The van der Waals surface area contributed by atoms with Crippen LogP contribution in [0.2, 0.25) is 0 Å². The maximum atomic E-state index is 12.2. The second kappa shape index (κ2) is 4.99. The molecule has 2 rings (SSSR count). The monoisotopic (exact) mass is 262 g/mol. The molecule has 2 heterocycles. The lowest BCUT2D eigenvalue weighted by Gasteiger charge is -2.12. The average Bonchev–Trinajstić information content (AvgIpc) is 2.83. The van der Waals surface area contributed by atoms with Crippen molar-refractivity contribution in [2.24, 2.45) is 0 Å². The summed E-state index contributed by atoms with van der Waals surface area (Å²) >= 11 is 0. The zero-order valence-electron chi connectivity index (χ0n) is 11.5. The molecule has 1 aliphatic rings. The zero-order chi connectivity index (χ0) is 14.2. The van der Waals surface area contributed by atoms with Crippen LogP contribution in [0.1, 0.15) is 41.5 Å². The van der Waals surface area contributed by atoms with Crippen molar-refractivity contribution < 1.29 is 14.4 Å². The van der Waals surface area contributed by atoms with Crippen LogP contribution in [0.3, 0.4) is 0 Å². The van der Waals surface area contributed by atoms with Crippen molar-refractivity contribution in [3.8, 4) is 0 Å². The Hall–Kier alpha value is -1.91. The van der Waals surface area contributed by atoms with Gasteiger partial charge in [-0.2, -0.15) is 0 Å². The molecule has 5 nitrogen and oxygen atoms in total. The maximum Gasteiger partial charge on any atom is 0.230 e. The first-order valence-electron chi connectivity index (χ1n) is 6.48. The number of hydrogen-bond acceptors (Lipinski definition) is 3. The average molecular weight is 262 g/mol. The van der Waals surface area contributed by atoms with Crippen molar-refractivity contribution in [2.75, 3.05) is 6.54 Å². The molecule has 1 aliphatic heterocycles. The maximum absolute atomic E-state index is 12.2. The molecule has 19 heavy (non-hydrogen) atoms. The van der Waals surface area contributed by atoms with Crippen LogP contribution in [0, 0.1) is 13.8 Å². The Morgan fingerprint density at radius 3 is 2.26 bits per heavy atom. The van der Waals surface area contributed by atoms with Gasteiger partial charge in [-0.1, -0.05) is 0 Å². The van der Waals surface area contributed by atoms with Crippen LogP contribution in [0.4, 0.5) is 0 Å². The van der Waals surface area contributed by atoms with Gasteiger partial charge in [0.25, 0.3) is 0 Å². The molecule has 0 N–H and O–H groups in total. The summed E-state index contributed by atoms with van der Waals surface area (Å²) in [6.45, 7) is 6.51. The standard InChI is InChI=1S/C14H18N2O3/c1-4-15-9(2)7-11(10(15)3)12(17)8-16-13(18)5-6-14(16)19/h7H,4-6,8H2,1-3H3. The van der Waals surface area contributed by atoms with Crippen molar-refractivity contribution in [3.05, 3.63) is 23.0 Å². The molecule has 1 fully saturated rings. The molecule has 0 bridgehead atoms. The topological polar surface area (TPSA) is 59.4 Å². The fraction of sp³-hybridized carbons (Fsp3) is 0.500. The predicted octanol–water partition coefficient (Wildman–Crippen LogP) is 1.46. The number of carbonyl (C=O) groups excluding carboxylic acids is 3. The number of aryl methyl sites for hydroxylation is 1. The molecule has 0 spiro atoms. The van der Waals surface area contributed by atoms with Gasteiger partial charge >= 0.3 is 0 Å². The van der Waals surface area contributed by atoms with E-state index in [0.717, 1.165) is 22.8 Å². The number of aromatic nitrogens is 1. The van der Waals surface area contributed by atoms with Gasteiger partial charge < -0.3 is 4.57 Å². The van der Waals surface area contributed by atoms with Gasteiger partial charge in [-0.3, -0.25) is 19.3 Å². The minimum Gasteiger partial charge on any atom is -0.349 e. The number of likely N-dealkylation sites (tertiary alicyclic amines) is 1. The summed E-state index contributed by atoms with van der Waals surface area (Å²) in [5.41, 5.74) is 2.51. The molecule has 0 unspecified atom stereocenters. The van der Waals surface area contributed by atoms with E-state index in [1.165, 1.54) is 0 Å². The predicted molar refractivity (Wildman–Crippen MR) is 69.9 cm³/mol. The fourth-order valence-electron chi connectivity index (χ4n) is 2.60. The zero-order valence-corrected chi connectivity index (χ0v) is 11.5. The summed E-state index contributed by atoms with van der Waals surface area (Å²) < 4.78 is 2.04. The number of carbonyl (C=O) groups is 3. The fourth-order valence-corrected chi connectivity index (χ4v) is 2.60. The second-order valence-electron chi connectivity index (χ2n) is 4.83. The normalized spacial score (nSPS) is 15.4. The van der Waals surface area contributed by atoms with Crippen LogP contribution in [0.5, 0.6) is 0 Å².